The van der Waals surface area contributed by atoms with Gasteiger partial charge in [0, 0.05) is 0 Å². The summed E-state index contributed by atoms with van der Waals surface area (Å²) < 4.78 is 4.76. The zero-order chi connectivity index (χ0) is 8.65. The van der Waals surface area contributed by atoms with Crippen LogP contribution in [0.1, 0.15) is 6.92 Å². The number of hydrogen-bond donors (Lipinski definition) is 3. The van der Waals surface area contributed by atoms with Crippen molar-refractivity contribution in [2.75, 3.05) is 6.61 Å². The van der Waals surface area contributed by atoms with Crippen molar-refractivity contribution >= 4 is 5.97 Å². The van der Waals surface area contributed by atoms with Crippen molar-refractivity contribution in [3.05, 3.63) is 0 Å². The first-order chi connectivity index (χ1) is 4.99. The lowest BCUT2D eigenvalue weighted by atomic mass is 9.94. The summed E-state index contributed by atoms with van der Waals surface area (Å²) in [4.78, 5) is 10.5. The highest BCUT2D eigenvalue weighted by Gasteiger charge is 2.54. The Morgan fingerprint density at radius 1 is 1.73 bits per heavy atom. The minimum Gasteiger partial charge on any atom is -0.479 e. The monoisotopic (exact) mass is 162 g/mol. The molecule has 1 fully saturated rings. The molecule has 5 heteroatoms. The van der Waals surface area contributed by atoms with Gasteiger partial charge in [0.1, 0.15) is 6.10 Å². The second-order valence-corrected chi connectivity index (χ2v) is 2.62. The number of carboxylic acids is 1. The molecule has 0 aromatic carbocycles. The molecule has 0 aliphatic carbocycles. The molecule has 0 bridgehead atoms. The molecule has 1 heterocycles. The van der Waals surface area contributed by atoms with Crippen LogP contribution in [0, 0.1) is 0 Å². The third-order valence-electron chi connectivity index (χ3n) is 1.97. The van der Waals surface area contributed by atoms with Crippen molar-refractivity contribution in [1.29, 1.82) is 0 Å². The number of ether oxygens (including phenoxy) is 1. The predicted octanol–water partition coefficient (Wildman–Crippen LogP) is -1.42. The molecule has 0 aromatic heterocycles. The van der Waals surface area contributed by atoms with Crippen molar-refractivity contribution in [3.63, 3.8) is 0 Å². The Bertz CT molecular complexity index is 168. The number of carboxylic acid groups (broad SMARTS) is 1. The van der Waals surface area contributed by atoms with Crippen LogP contribution < -0.4 is 0 Å². The zero-order valence-corrected chi connectivity index (χ0v) is 6.02. The number of aliphatic hydroxyl groups is 2. The smallest absolute Gasteiger partial charge is 0.341 e. The molecule has 3 N–H and O–H groups in total. The van der Waals surface area contributed by atoms with E-state index in [1.807, 2.05) is 0 Å². The van der Waals surface area contributed by atoms with E-state index in [0.29, 0.717) is 0 Å². The normalized spacial score (nSPS) is 44.3. The van der Waals surface area contributed by atoms with E-state index in [1.165, 1.54) is 6.92 Å². The summed E-state index contributed by atoms with van der Waals surface area (Å²) in [6.07, 6.45) is -2.20. The zero-order valence-electron chi connectivity index (χ0n) is 6.02. The molecule has 0 unspecified atom stereocenters. The molecule has 5 nitrogen and oxygen atoms in total. The lowest BCUT2D eigenvalue weighted by Crippen LogP contribution is -2.52. The summed E-state index contributed by atoms with van der Waals surface area (Å²) in [6, 6.07) is 0. The van der Waals surface area contributed by atoms with Crippen LogP contribution in [0.2, 0.25) is 0 Å². The fraction of sp³-hybridized carbons (Fsp3) is 0.833. The molecule has 11 heavy (non-hydrogen) atoms. The highest BCUT2D eigenvalue weighted by Crippen LogP contribution is 2.26. The van der Waals surface area contributed by atoms with Crippen molar-refractivity contribution in [3.8, 4) is 0 Å². The fourth-order valence-corrected chi connectivity index (χ4v) is 1.08. The largest absolute Gasteiger partial charge is 0.479 e. The van der Waals surface area contributed by atoms with Crippen LogP contribution >= 0.6 is 0 Å². The van der Waals surface area contributed by atoms with Crippen LogP contribution in [-0.2, 0) is 9.53 Å². The molecule has 1 rings (SSSR count). The van der Waals surface area contributed by atoms with E-state index >= 15 is 0 Å². The Morgan fingerprint density at radius 3 is 2.45 bits per heavy atom. The number of hydrogen-bond acceptors (Lipinski definition) is 4. The van der Waals surface area contributed by atoms with Gasteiger partial charge in [0.05, 0.1) is 12.7 Å². The third kappa shape index (κ3) is 1.01. The Kier molecular flexibility index (Phi) is 1.87. The molecular weight excluding hydrogens is 152 g/mol. The van der Waals surface area contributed by atoms with Crippen molar-refractivity contribution in [2.24, 2.45) is 0 Å². The van der Waals surface area contributed by atoms with Gasteiger partial charge in [-0.05, 0) is 6.92 Å². The first-order valence-corrected chi connectivity index (χ1v) is 3.25. The number of carbonyl (C=O) groups is 1. The molecule has 1 aliphatic heterocycles. The first kappa shape index (κ1) is 8.45. The van der Waals surface area contributed by atoms with Crippen LogP contribution in [0.15, 0.2) is 0 Å². The van der Waals surface area contributed by atoms with E-state index in [4.69, 9.17) is 14.9 Å². The van der Waals surface area contributed by atoms with Crippen molar-refractivity contribution < 1.29 is 24.9 Å². The Morgan fingerprint density at radius 2 is 2.27 bits per heavy atom. The minimum atomic E-state index is -2.14. The maximum Gasteiger partial charge on any atom is 0.341 e. The van der Waals surface area contributed by atoms with E-state index in [9.17, 15) is 9.90 Å². The highest BCUT2D eigenvalue weighted by atomic mass is 16.5. The molecule has 64 valence electrons. The van der Waals surface area contributed by atoms with Gasteiger partial charge < -0.3 is 20.1 Å². The molecular formula is C6H10O5. The lowest BCUT2D eigenvalue weighted by molar-refractivity contribution is -0.171. The topological polar surface area (TPSA) is 87.0 Å². The van der Waals surface area contributed by atoms with Crippen LogP contribution in [0.4, 0.5) is 0 Å². The summed E-state index contributed by atoms with van der Waals surface area (Å²) in [5.74, 6) is -1.45. The highest BCUT2D eigenvalue weighted by molar-refractivity contribution is 5.79. The second-order valence-electron chi connectivity index (χ2n) is 2.62. The first-order valence-electron chi connectivity index (χ1n) is 3.25. The van der Waals surface area contributed by atoms with Crippen LogP contribution in [-0.4, -0.2) is 45.7 Å². The number of rotatable bonds is 1. The molecule has 0 radical (unpaired) electrons. The van der Waals surface area contributed by atoms with Crippen molar-refractivity contribution in [2.45, 2.75) is 24.7 Å². The Balaban J connectivity index is 2.88. The van der Waals surface area contributed by atoms with Gasteiger partial charge >= 0.3 is 5.97 Å². The maximum atomic E-state index is 10.5. The van der Waals surface area contributed by atoms with Gasteiger partial charge in [-0.3, -0.25) is 0 Å². The summed E-state index contributed by atoms with van der Waals surface area (Å²) in [5.41, 5.74) is -2.14. The predicted molar refractivity (Wildman–Crippen MR) is 34.0 cm³/mol. The maximum absolute atomic E-state index is 10.5. The Labute approximate surface area is 63.2 Å². The number of aliphatic hydroxyl groups excluding tert-OH is 1. The molecule has 0 aromatic rings. The van der Waals surface area contributed by atoms with Gasteiger partial charge in [-0.2, -0.15) is 0 Å². The molecule has 3 atom stereocenters. The number of aliphatic carboxylic acids is 1. The summed E-state index contributed by atoms with van der Waals surface area (Å²) >= 11 is 0. The van der Waals surface area contributed by atoms with Gasteiger partial charge in [0.2, 0.25) is 5.60 Å². The molecule has 1 saturated heterocycles. The summed E-state index contributed by atoms with van der Waals surface area (Å²) in [7, 11) is 0. The van der Waals surface area contributed by atoms with Gasteiger partial charge in [0.25, 0.3) is 0 Å². The van der Waals surface area contributed by atoms with Crippen molar-refractivity contribution in [1.82, 2.24) is 0 Å². The molecule has 0 amide bonds. The van der Waals surface area contributed by atoms with E-state index < -0.39 is 23.8 Å². The van der Waals surface area contributed by atoms with Crippen LogP contribution in [0.5, 0.6) is 0 Å². The fourth-order valence-electron chi connectivity index (χ4n) is 1.08. The quantitative estimate of drug-likeness (QED) is 0.440. The minimum absolute atomic E-state index is 0.135. The van der Waals surface area contributed by atoms with Crippen LogP contribution in [0.3, 0.4) is 0 Å². The average Bonchev–Trinajstić information content (AvgIpc) is 2.18. The SMILES string of the molecule is C[C@H]1OC[C@H](O)[C@]1(O)C(=O)O. The standard InChI is InChI=1S/C6H10O5/c1-3-6(10,5(8)9)4(7)2-11-3/h3-4,7,10H,2H2,1H3,(H,8,9)/t3-,4+,6+/m1/s1. The third-order valence-corrected chi connectivity index (χ3v) is 1.97. The lowest BCUT2D eigenvalue weighted by Gasteiger charge is -2.23. The van der Waals surface area contributed by atoms with Gasteiger partial charge in [0.15, 0.2) is 0 Å². The van der Waals surface area contributed by atoms with E-state index in [1.54, 1.807) is 0 Å². The van der Waals surface area contributed by atoms with E-state index in [-0.39, 0.29) is 6.61 Å². The van der Waals surface area contributed by atoms with Crippen LogP contribution in [0.25, 0.3) is 0 Å². The molecule has 1 aliphatic rings. The van der Waals surface area contributed by atoms with E-state index in [2.05, 4.69) is 0 Å². The van der Waals surface area contributed by atoms with Gasteiger partial charge in [-0.25, -0.2) is 4.79 Å². The molecule has 0 saturated carbocycles. The summed E-state index contributed by atoms with van der Waals surface area (Å²) in [6.45, 7) is 1.27. The second kappa shape index (κ2) is 2.44. The summed E-state index contributed by atoms with van der Waals surface area (Å²) in [5, 5.41) is 26.9. The average molecular weight is 162 g/mol. The van der Waals surface area contributed by atoms with Gasteiger partial charge in [-0.15, -0.1) is 0 Å². The van der Waals surface area contributed by atoms with E-state index in [0.717, 1.165) is 0 Å². The van der Waals surface area contributed by atoms with Gasteiger partial charge in [-0.1, -0.05) is 0 Å². The Hall–Kier alpha value is -0.650. The molecule has 0 spiro atoms.